The molecule has 3 rings (SSSR count). The second kappa shape index (κ2) is 9.84. The number of likely N-dealkylation sites (tertiary alicyclic amines) is 1. The Morgan fingerprint density at radius 3 is 2.56 bits per heavy atom. The van der Waals surface area contributed by atoms with Gasteiger partial charge in [-0.2, -0.15) is 0 Å². The Morgan fingerprint density at radius 2 is 1.93 bits per heavy atom. The van der Waals surface area contributed by atoms with Crippen molar-refractivity contribution in [1.82, 2.24) is 14.9 Å². The summed E-state index contributed by atoms with van der Waals surface area (Å²) in [6.45, 7) is 4.01. The van der Waals surface area contributed by atoms with Gasteiger partial charge in [0.25, 0.3) is 5.91 Å². The number of fused-ring (bicyclic) bond motifs is 1. The molecule has 1 aromatic rings. The molecule has 2 aliphatic heterocycles. The van der Waals surface area contributed by atoms with Gasteiger partial charge in [0, 0.05) is 32.3 Å². The van der Waals surface area contributed by atoms with E-state index >= 15 is 0 Å². The Bertz CT molecular complexity index is 730. The SMILES string of the molecule is COCCNS(=O)(=O)c1cccc(C(=O)N2CC[C@@H]3CNC[C@@H]3CC2)c1.Cl. The van der Waals surface area contributed by atoms with E-state index in [1.165, 1.54) is 19.2 Å². The van der Waals surface area contributed by atoms with Crippen LogP contribution in [-0.2, 0) is 14.8 Å². The van der Waals surface area contributed by atoms with Crippen molar-refractivity contribution in [2.45, 2.75) is 17.7 Å². The number of halogens is 1. The van der Waals surface area contributed by atoms with E-state index < -0.39 is 10.0 Å². The Balaban J connectivity index is 0.00000261. The molecule has 1 amide bonds. The van der Waals surface area contributed by atoms with Crippen LogP contribution in [0.2, 0.25) is 0 Å². The molecule has 2 N–H and O–H groups in total. The predicted octanol–water partition coefficient (Wildman–Crippen LogP) is 1.10. The molecule has 2 fully saturated rings. The lowest BCUT2D eigenvalue weighted by Crippen LogP contribution is -2.33. The molecule has 2 aliphatic rings. The van der Waals surface area contributed by atoms with E-state index in [2.05, 4.69) is 10.0 Å². The molecule has 2 saturated heterocycles. The van der Waals surface area contributed by atoms with Crippen LogP contribution in [0, 0.1) is 11.8 Å². The molecule has 27 heavy (non-hydrogen) atoms. The quantitative estimate of drug-likeness (QED) is 0.677. The maximum Gasteiger partial charge on any atom is 0.253 e. The van der Waals surface area contributed by atoms with Gasteiger partial charge in [-0.3, -0.25) is 4.79 Å². The van der Waals surface area contributed by atoms with Crippen LogP contribution in [0.1, 0.15) is 23.2 Å². The van der Waals surface area contributed by atoms with E-state index in [-0.39, 0.29) is 29.8 Å². The van der Waals surface area contributed by atoms with Crippen molar-refractivity contribution in [2.75, 3.05) is 46.4 Å². The van der Waals surface area contributed by atoms with Crippen LogP contribution in [-0.4, -0.2) is 65.7 Å². The minimum Gasteiger partial charge on any atom is -0.383 e. The van der Waals surface area contributed by atoms with E-state index in [1.807, 2.05) is 4.90 Å². The number of sulfonamides is 1. The van der Waals surface area contributed by atoms with Crippen LogP contribution in [0.4, 0.5) is 0 Å². The van der Waals surface area contributed by atoms with Crippen molar-refractivity contribution < 1.29 is 17.9 Å². The van der Waals surface area contributed by atoms with Crippen molar-refractivity contribution in [3.8, 4) is 0 Å². The third-order valence-electron chi connectivity index (χ3n) is 5.30. The number of hydrogen-bond acceptors (Lipinski definition) is 5. The maximum absolute atomic E-state index is 12.9. The first-order chi connectivity index (χ1) is 12.5. The van der Waals surface area contributed by atoms with Gasteiger partial charge in [0.2, 0.25) is 10.0 Å². The third kappa shape index (κ3) is 5.42. The molecule has 0 unspecified atom stereocenters. The summed E-state index contributed by atoms with van der Waals surface area (Å²) in [6, 6.07) is 6.27. The average molecular weight is 418 g/mol. The molecule has 2 atom stereocenters. The minimum atomic E-state index is -3.65. The van der Waals surface area contributed by atoms with Gasteiger partial charge in [-0.05, 0) is 56.0 Å². The summed E-state index contributed by atoms with van der Waals surface area (Å²) >= 11 is 0. The summed E-state index contributed by atoms with van der Waals surface area (Å²) < 4.78 is 32.0. The smallest absolute Gasteiger partial charge is 0.253 e. The summed E-state index contributed by atoms with van der Waals surface area (Å²) in [5, 5.41) is 3.43. The summed E-state index contributed by atoms with van der Waals surface area (Å²) in [5.41, 5.74) is 0.421. The number of methoxy groups -OCH3 is 1. The van der Waals surface area contributed by atoms with E-state index in [0.717, 1.165) is 39.0 Å². The zero-order valence-corrected chi connectivity index (χ0v) is 17.2. The van der Waals surface area contributed by atoms with Crippen molar-refractivity contribution in [1.29, 1.82) is 0 Å². The Kier molecular flexibility index (Phi) is 8.05. The molecule has 0 aromatic heterocycles. The van der Waals surface area contributed by atoms with Gasteiger partial charge in [0.15, 0.2) is 0 Å². The molecule has 7 nitrogen and oxygen atoms in total. The van der Waals surface area contributed by atoms with Crippen LogP contribution in [0.15, 0.2) is 29.2 Å². The Labute approximate surface area is 167 Å². The van der Waals surface area contributed by atoms with E-state index in [9.17, 15) is 13.2 Å². The molecular formula is C18H28ClN3O4S. The number of amides is 1. The van der Waals surface area contributed by atoms with Crippen LogP contribution in [0.3, 0.4) is 0 Å². The van der Waals surface area contributed by atoms with Crippen LogP contribution in [0.25, 0.3) is 0 Å². The van der Waals surface area contributed by atoms with Crippen LogP contribution >= 0.6 is 12.4 Å². The predicted molar refractivity (Wildman–Crippen MR) is 106 cm³/mol. The Morgan fingerprint density at radius 1 is 1.26 bits per heavy atom. The lowest BCUT2D eigenvalue weighted by Gasteiger charge is -2.21. The molecule has 152 valence electrons. The van der Waals surface area contributed by atoms with Gasteiger partial charge in [0.1, 0.15) is 0 Å². The first kappa shape index (κ1) is 22.1. The first-order valence-electron chi connectivity index (χ1n) is 9.10. The second-order valence-corrected chi connectivity index (χ2v) is 8.73. The summed E-state index contributed by atoms with van der Waals surface area (Å²) in [5.74, 6) is 1.20. The van der Waals surface area contributed by atoms with Crippen molar-refractivity contribution in [2.24, 2.45) is 11.8 Å². The third-order valence-corrected chi connectivity index (χ3v) is 6.75. The normalized spacial score (nSPS) is 22.6. The highest BCUT2D eigenvalue weighted by Crippen LogP contribution is 2.27. The van der Waals surface area contributed by atoms with Gasteiger partial charge < -0.3 is 15.0 Å². The Hall–Kier alpha value is -1.19. The van der Waals surface area contributed by atoms with Crippen LogP contribution < -0.4 is 10.0 Å². The molecular weight excluding hydrogens is 390 g/mol. The highest BCUT2D eigenvalue weighted by molar-refractivity contribution is 7.89. The second-order valence-electron chi connectivity index (χ2n) is 6.97. The number of rotatable bonds is 6. The molecule has 9 heteroatoms. The lowest BCUT2D eigenvalue weighted by atomic mass is 9.92. The topological polar surface area (TPSA) is 87.7 Å². The van der Waals surface area contributed by atoms with Gasteiger partial charge in [-0.25, -0.2) is 13.1 Å². The number of hydrogen-bond donors (Lipinski definition) is 2. The molecule has 2 heterocycles. The fraction of sp³-hybridized carbons (Fsp3) is 0.611. The molecule has 0 spiro atoms. The highest BCUT2D eigenvalue weighted by atomic mass is 35.5. The van der Waals surface area contributed by atoms with Crippen molar-refractivity contribution in [3.63, 3.8) is 0 Å². The maximum atomic E-state index is 12.9. The van der Waals surface area contributed by atoms with Crippen LogP contribution in [0.5, 0.6) is 0 Å². The molecule has 0 aliphatic carbocycles. The van der Waals surface area contributed by atoms with E-state index in [0.29, 0.717) is 24.0 Å². The number of carbonyl (C=O) groups excluding carboxylic acids is 1. The first-order valence-corrected chi connectivity index (χ1v) is 10.6. The molecule has 1 aromatic carbocycles. The zero-order valence-electron chi connectivity index (χ0n) is 15.5. The number of carbonyl (C=O) groups is 1. The average Bonchev–Trinajstić information content (AvgIpc) is 3.00. The fourth-order valence-electron chi connectivity index (χ4n) is 3.76. The summed E-state index contributed by atoms with van der Waals surface area (Å²) in [7, 11) is -2.13. The monoisotopic (exact) mass is 417 g/mol. The molecule has 0 bridgehead atoms. The molecule has 0 saturated carbocycles. The number of ether oxygens (including phenoxy) is 1. The lowest BCUT2D eigenvalue weighted by molar-refractivity contribution is 0.0758. The van der Waals surface area contributed by atoms with Gasteiger partial charge >= 0.3 is 0 Å². The summed E-state index contributed by atoms with van der Waals surface area (Å²) in [4.78, 5) is 14.9. The number of benzene rings is 1. The number of nitrogens with zero attached hydrogens (tertiary/aromatic N) is 1. The van der Waals surface area contributed by atoms with E-state index in [4.69, 9.17) is 4.74 Å². The fourth-order valence-corrected chi connectivity index (χ4v) is 4.82. The van der Waals surface area contributed by atoms with Crippen molar-refractivity contribution in [3.05, 3.63) is 29.8 Å². The van der Waals surface area contributed by atoms with Gasteiger partial charge in [-0.1, -0.05) is 6.07 Å². The minimum absolute atomic E-state index is 0. The van der Waals surface area contributed by atoms with E-state index in [1.54, 1.807) is 12.1 Å². The summed E-state index contributed by atoms with van der Waals surface area (Å²) in [6.07, 6.45) is 2.00. The molecule has 0 radical (unpaired) electrons. The number of nitrogens with one attached hydrogen (secondary N) is 2. The largest absolute Gasteiger partial charge is 0.383 e. The van der Waals surface area contributed by atoms with Gasteiger partial charge in [0.05, 0.1) is 11.5 Å². The van der Waals surface area contributed by atoms with Gasteiger partial charge in [-0.15, -0.1) is 12.4 Å². The standard InChI is InChI=1S/C18H27N3O4S.ClH/c1-25-10-7-20-26(23,24)17-4-2-3-14(11-17)18(22)21-8-5-15-12-19-13-16(15)6-9-21;/h2-4,11,15-16,19-20H,5-10,12-13H2,1H3;1H/t15-,16+;. The highest BCUT2D eigenvalue weighted by Gasteiger charge is 2.31. The van der Waals surface area contributed by atoms with Crippen molar-refractivity contribution >= 4 is 28.3 Å². The zero-order chi connectivity index (χ0) is 18.6.